The standard InChI is InChI=1S/C7H8FNO/c1-5(10)7-3-2-6(8)4-9-7/h2-5,10H,1H3. The highest BCUT2D eigenvalue weighted by molar-refractivity contribution is 5.06. The molecule has 0 aromatic carbocycles. The molecule has 0 saturated carbocycles. The number of nitrogens with zero attached hydrogens (tertiary/aromatic N) is 1. The van der Waals surface area contributed by atoms with Crippen LogP contribution in [0.25, 0.3) is 0 Å². The van der Waals surface area contributed by atoms with E-state index in [1.165, 1.54) is 12.1 Å². The van der Waals surface area contributed by atoms with Gasteiger partial charge in [0.05, 0.1) is 18.0 Å². The topological polar surface area (TPSA) is 33.1 Å². The van der Waals surface area contributed by atoms with Crippen molar-refractivity contribution in [2.75, 3.05) is 0 Å². The first-order valence-electron chi connectivity index (χ1n) is 2.99. The van der Waals surface area contributed by atoms with Crippen LogP contribution in [0.1, 0.15) is 18.7 Å². The Balaban J connectivity index is 2.89. The third kappa shape index (κ3) is 1.51. The van der Waals surface area contributed by atoms with Gasteiger partial charge in [-0.2, -0.15) is 0 Å². The Labute approximate surface area is 58.3 Å². The van der Waals surface area contributed by atoms with Gasteiger partial charge in [0, 0.05) is 0 Å². The smallest absolute Gasteiger partial charge is 0.141 e. The zero-order valence-corrected chi connectivity index (χ0v) is 5.58. The van der Waals surface area contributed by atoms with Crippen LogP contribution < -0.4 is 0 Å². The van der Waals surface area contributed by atoms with Crippen LogP contribution in [-0.2, 0) is 0 Å². The number of aromatic nitrogens is 1. The van der Waals surface area contributed by atoms with Crippen LogP contribution in [0.4, 0.5) is 4.39 Å². The lowest BCUT2D eigenvalue weighted by Gasteiger charge is -2.00. The van der Waals surface area contributed by atoms with Gasteiger partial charge in [0.25, 0.3) is 0 Å². The number of hydrogen-bond acceptors (Lipinski definition) is 2. The number of hydrogen-bond donors (Lipinski definition) is 1. The molecule has 0 aliphatic carbocycles. The Kier molecular flexibility index (Phi) is 1.97. The number of pyridine rings is 1. The second-order valence-electron chi connectivity index (χ2n) is 2.08. The zero-order chi connectivity index (χ0) is 7.56. The highest BCUT2D eigenvalue weighted by Gasteiger charge is 2.00. The van der Waals surface area contributed by atoms with E-state index in [2.05, 4.69) is 4.98 Å². The van der Waals surface area contributed by atoms with Crippen molar-refractivity contribution in [3.8, 4) is 0 Å². The lowest BCUT2D eigenvalue weighted by Crippen LogP contribution is -1.94. The van der Waals surface area contributed by atoms with Crippen LogP contribution in [0.2, 0.25) is 0 Å². The molecule has 54 valence electrons. The van der Waals surface area contributed by atoms with E-state index in [1.807, 2.05) is 0 Å². The average molecular weight is 141 g/mol. The molecule has 1 aromatic heterocycles. The Bertz CT molecular complexity index is 207. The molecule has 0 saturated heterocycles. The van der Waals surface area contributed by atoms with Gasteiger partial charge in [-0.1, -0.05) is 0 Å². The van der Waals surface area contributed by atoms with Gasteiger partial charge in [0.2, 0.25) is 0 Å². The molecule has 0 aliphatic heterocycles. The summed E-state index contributed by atoms with van der Waals surface area (Å²) in [5.74, 6) is -0.385. The van der Waals surface area contributed by atoms with Crippen LogP contribution >= 0.6 is 0 Å². The van der Waals surface area contributed by atoms with Crippen molar-refractivity contribution in [3.63, 3.8) is 0 Å². The van der Waals surface area contributed by atoms with Gasteiger partial charge >= 0.3 is 0 Å². The first-order valence-corrected chi connectivity index (χ1v) is 2.99. The van der Waals surface area contributed by atoms with Crippen molar-refractivity contribution in [2.24, 2.45) is 0 Å². The quantitative estimate of drug-likeness (QED) is 0.639. The SMILES string of the molecule is CC(O)c1ccc(F)cn1. The van der Waals surface area contributed by atoms with Crippen LogP contribution in [0.5, 0.6) is 0 Å². The minimum absolute atomic E-state index is 0.385. The monoisotopic (exact) mass is 141 g/mol. The largest absolute Gasteiger partial charge is 0.387 e. The van der Waals surface area contributed by atoms with Crippen LogP contribution in [0.15, 0.2) is 18.3 Å². The lowest BCUT2D eigenvalue weighted by atomic mass is 10.2. The second-order valence-corrected chi connectivity index (χ2v) is 2.08. The summed E-state index contributed by atoms with van der Waals surface area (Å²) in [7, 11) is 0. The van der Waals surface area contributed by atoms with Crippen molar-refractivity contribution < 1.29 is 9.50 Å². The first-order chi connectivity index (χ1) is 4.70. The zero-order valence-electron chi connectivity index (χ0n) is 5.58. The summed E-state index contributed by atoms with van der Waals surface area (Å²) in [5, 5.41) is 8.93. The third-order valence-corrected chi connectivity index (χ3v) is 1.18. The molecule has 1 heterocycles. The molecule has 1 rings (SSSR count). The van der Waals surface area contributed by atoms with Crippen molar-refractivity contribution in [3.05, 3.63) is 29.8 Å². The predicted octanol–water partition coefficient (Wildman–Crippen LogP) is 1.27. The molecule has 1 atom stereocenters. The molecule has 3 heteroatoms. The van der Waals surface area contributed by atoms with Crippen molar-refractivity contribution in [1.29, 1.82) is 0 Å². The molecule has 0 aliphatic rings. The van der Waals surface area contributed by atoms with E-state index in [9.17, 15) is 4.39 Å². The molecule has 2 nitrogen and oxygen atoms in total. The average Bonchev–Trinajstić information content (AvgIpc) is 1.88. The van der Waals surface area contributed by atoms with Gasteiger partial charge in [-0.05, 0) is 19.1 Å². The molecule has 0 fully saturated rings. The number of rotatable bonds is 1. The minimum Gasteiger partial charge on any atom is -0.387 e. The molecular formula is C7H8FNO. The number of halogens is 1. The maximum absolute atomic E-state index is 12.2. The van der Waals surface area contributed by atoms with Crippen molar-refractivity contribution in [1.82, 2.24) is 4.98 Å². The molecule has 1 aromatic rings. The molecule has 0 spiro atoms. The maximum Gasteiger partial charge on any atom is 0.141 e. The van der Waals surface area contributed by atoms with Gasteiger partial charge in [-0.15, -0.1) is 0 Å². The van der Waals surface area contributed by atoms with Crippen LogP contribution in [0, 0.1) is 5.82 Å². The molecule has 0 bridgehead atoms. The summed E-state index contributed by atoms with van der Waals surface area (Å²) in [5.41, 5.74) is 0.487. The van der Waals surface area contributed by atoms with E-state index in [-0.39, 0.29) is 5.82 Å². The molecule has 1 unspecified atom stereocenters. The van der Waals surface area contributed by atoms with E-state index in [4.69, 9.17) is 5.11 Å². The van der Waals surface area contributed by atoms with Gasteiger partial charge in [0.15, 0.2) is 0 Å². The molecular weight excluding hydrogens is 133 g/mol. The maximum atomic E-state index is 12.2. The summed E-state index contributed by atoms with van der Waals surface area (Å²) in [6.07, 6.45) is 0.461. The van der Waals surface area contributed by atoms with Gasteiger partial charge in [-0.3, -0.25) is 4.98 Å². The van der Waals surface area contributed by atoms with Crippen LogP contribution in [0.3, 0.4) is 0 Å². The van der Waals surface area contributed by atoms with E-state index >= 15 is 0 Å². The summed E-state index contributed by atoms with van der Waals surface area (Å²) >= 11 is 0. The minimum atomic E-state index is -0.624. The predicted molar refractivity (Wildman–Crippen MR) is 34.8 cm³/mol. The summed E-state index contributed by atoms with van der Waals surface area (Å²) in [6, 6.07) is 2.73. The second kappa shape index (κ2) is 2.75. The fourth-order valence-corrected chi connectivity index (χ4v) is 0.634. The Hall–Kier alpha value is -0.960. The molecule has 0 amide bonds. The fourth-order valence-electron chi connectivity index (χ4n) is 0.634. The Morgan fingerprint density at radius 2 is 2.30 bits per heavy atom. The van der Waals surface area contributed by atoms with Gasteiger partial charge < -0.3 is 5.11 Å². The first kappa shape index (κ1) is 7.15. The van der Waals surface area contributed by atoms with E-state index in [0.717, 1.165) is 6.20 Å². The Morgan fingerprint density at radius 3 is 2.70 bits per heavy atom. The van der Waals surface area contributed by atoms with Gasteiger partial charge in [0.1, 0.15) is 5.82 Å². The Morgan fingerprint density at radius 1 is 1.60 bits per heavy atom. The fraction of sp³-hybridized carbons (Fsp3) is 0.286. The molecule has 1 N–H and O–H groups in total. The van der Waals surface area contributed by atoms with E-state index < -0.39 is 6.10 Å². The van der Waals surface area contributed by atoms with Crippen LogP contribution in [-0.4, -0.2) is 10.1 Å². The summed E-state index contributed by atoms with van der Waals surface area (Å²) in [4.78, 5) is 3.65. The van der Waals surface area contributed by atoms with E-state index in [0.29, 0.717) is 5.69 Å². The summed E-state index contributed by atoms with van der Waals surface area (Å²) < 4.78 is 12.2. The molecule has 10 heavy (non-hydrogen) atoms. The number of aliphatic hydroxyl groups excluding tert-OH is 1. The normalized spacial score (nSPS) is 13.1. The summed E-state index contributed by atoms with van der Waals surface area (Å²) in [6.45, 7) is 1.58. The molecule has 0 radical (unpaired) electrons. The highest BCUT2D eigenvalue weighted by Crippen LogP contribution is 2.07. The highest BCUT2D eigenvalue weighted by atomic mass is 19.1. The number of aliphatic hydroxyl groups is 1. The third-order valence-electron chi connectivity index (χ3n) is 1.18. The lowest BCUT2D eigenvalue weighted by molar-refractivity contribution is 0.194. The van der Waals surface area contributed by atoms with Crippen molar-refractivity contribution in [2.45, 2.75) is 13.0 Å². The van der Waals surface area contributed by atoms with Crippen molar-refractivity contribution >= 4 is 0 Å². The van der Waals surface area contributed by atoms with E-state index in [1.54, 1.807) is 6.92 Å². The van der Waals surface area contributed by atoms with Gasteiger partial charge in [-0.25, -0.2) is 4.39 Å².